The SMILES string of the molecule is COC(=O)Cc1cc(I)cc(CNCC(=O)OC(C)(C)C)c1C. The summed E-state index contributed by atoms with van der Waals surface area (Å²) in [5, 5.41) is 3.09. The van der Waals surface area contributed by atoms with Crippen LogP contribution in [0, 0.1) is 10.5 Å². The molecule has 0 bridgehead atoms. The Morgan fingerprint density at radius 3 is 2.35 bits per heavy atom. The minimum absolute atomic E-state index is 0.147. The summed E-state index contributed by atoms with van der Waals surface area (Å²) in [6.45, 7) is 8.18. The Morgan fingerprint density at radius 2 is 1.78 bits per heavy atom. The molecule has 5 nitrogen and oxygen atoms in total. The molecule has 0 aliphatic rings. The van der Waals surface area contributed by atoms with Crippen LogP contribution in [-0.4, -0.2) is 31.2 Å². The van der Waals surface area contributed by atoms with Crippen LogP contribution < -0.4 is 5.32 Å². The van der Waals surface area contributed by atoms with Crippen LogP contribution in [0.2, 0.25) is 0 Å². The number of benzene rings is 1. The zero-order valence-corrected chi connectivity index (χ0v) is 16.4. The Morgan fingerprint density at radius 1 is 1.17 bits per heavy atom. The van der Waals surface area contributed by atoms with Gasteiger partial charge in [0.25, 0.3) is 0 Å². The van der Waals surface area contributed by atoms with Gasteiger partial charge in [0.1, 0.15) is 5.60 Å². The monoisotopic (exact) mass is 433 g/mol. The minimum Gasteiger partial charge on any atom is -0.469 e. The lowest BCUT2D eigenvalue weighted by molar-refractivity contribution is -0.153. The molecular weight excluding hydrogens is 409 g/mol. The zero-order chi connectivity index (χ0) is 17.6. The Bertz CT molecular complexity index is 579. The summed E-state index contributed by atoms with van der Waals surface area (Å²) in [7, 11) is 1.38. The molecule has 1 aromatic rings. The molecule has 23 heavy (non-hydrogen) atoms. The highest BCUT2D eigenvalue weighted by molar-refractivity contribution is 14.1. The van der Waals surface area contributed by atoms with E-state index in [1.807, 2.05) is 39.8 Å². The van der Waals surface area contributed by atoms with E-state index in [4.69, 9.17) is 9.47 Å². The number of hydrogen-bond acceptors (Lipinski definition) is 5. The van der Waals surface area contributed by atoms with Gasteiger partial charge in [-0.05, 0) is 79.1 Å². The molecule has 0 atom stereocenters. The number of carbonyl (C=O) groups is 2. The number of esters is 2. The van der Waals surface area contributed by atoms with Crippen LogP contribution in [0.15, 0.2) is 12.1 Å². The lowest BCUT2D eigenvalue weighted by atomic mass is 10.00. The second-order valence-electron chi connectivity index (χ2n) is 6.29. The highest BCUT2D eigenvalue weighted by atomic mass is 127. The third-order valence-corrected chi connectivity index (χ3v) is 3.78. The first-order valence-electron chi connectivity index (χ1n) is 7.39. The largest absolute Gasteiger partial charge is 0.469 e. The summed E-state index contributed by atoms with van der Waals surface area (Å²) < 4.78 is 11.0. The van der Waals surface area contributed by atoms with E-state index in [0.717, 1.165) is 20.3 Å². The summed E-state index contributed by atoms with van der Waals surface area (Å²) in [5.41, 5.74) is 2.55. The van der Waals surface area contributed by atoms with Crippen LogP contribution >= 0.6 is 22.6 Å². The van der Waals surface area contributed by atoms with E-state index in [9.17, 15) is 9.59 Å². The molecule has 0 unspecified atom stereocenters. The molecule has 0 spiro atoms. The first-order chi connectivity index (χ1) is 10.6. The summed E-state index contributed by atoms with van der Waals surface area (Å²) in [6, 6.07) is 4.02. The van der Waals surface area contributed by atoms with Gasteiger partial charge in [-0.15, -0.1) is 0 Å². The molecule has 0 fully saturated rings. The molecule has 1 N–H and O–H groups in total. The normalized spacial score (nSPS) is 11.2. The minimum atomic E-state index is -0.482. The maximum Gasteiger partial charge on any atom is 0.320 e. The first kappa shape index (κ1) is 19.9. The van der Waals surface area contributed by atoms with Gasteiger partial charge in [0.15, 0.2) is 0 Å². The third-order valence-electron chi connectivity index (χ3n) is 3.15. The second-order valence-corrected chi connectivity index (χ2v) is 7.54. The molecule has 0 saturated carbocycles. The number of rotatable bonds is 6. The molecule has 1 aromatic carbocycles. The lowest BCUT2D eigenvalue weighted by Gasteiger charge is -2.19. The maximum atomic E-state index is 11.7. The standard InChI is InChI=1S/C17H24INO4/c1-11-12(8-15(20)22-5)6-14(18)7-13(11)9-19-10-16(21)23-17(2,3)4/h6-7,19H,8-10H2,1-5H3. The maximum absolute atomic E-state index is 11.7. The smallest absolute Gasteiger partial charge is 0.320 e. The summed E-state index contributed by atoms with van der Waals surface area (Å²) in [4.78, 5) is 23.2. The molecule has 128 valence electrons. The molecule has 0 aliphatic heterocycles. The molecular formula is C17H24INO4. The van der Waals surface area contributed by atoms with Gasteiger partial charge in [-0.2, -0.15) is 0 Å². The van der Waals surface area contributed by atoms with E-state index in [2.05, 4.69) is 27.9 Å². The quantitative estimate of drug-likeness (QED) is 0.552. The van der Waals surface area contributed by atoms with Crippen molar-refractivity contribution in [3.8, 4) is 0 Å². The Hall–Kier alpha value is -1.15. The van der Waals surface area contributed by atoms with Gasteiger partial charge in [0.2, 0.25) is 0 Å². The van der Waals surface area contributed by atoms with Gasteiger partial charge in [0, 0.05) is 10.1 Å². The van der Waals surface area contributed by atoms with E-state index >= 15 is 0 Å². The predicted molar refractivity (Wildman–Crippen MR) is 97.2 cm³/mol. The highest BCUT2D eigenvalue weighted by Gasteiger charge is 2.16. The highest BCUT2D eigenvalue weighted by Crippen LogP contribution is 2.19. The molecule has 0 aromatic heterocycles. The van der Waals surface area contributed by atoms with Crippen LogP contribution in [0.5, 0.6) is 0 Å². The van der Waals surface area contributed by atoms with E-state index in [1.54, 1.807) is 0 Å². The fraction of sp³-hybridized carbons (Fsp3) is 0.529. The number of hydrogen-bond donors (Lipinski definition) is 1. The average Bonchev–Trinajstić information content (AvgIpc) is 2.41. The lowest BCUT2D eigenvalue weighted by Crippen LogP contribution is -2.31. The van der Waals surface area contributed by atoms with Crippen LogP contribution in [0.1, 0.15) is 37.5 Å². The van der Waals surface area contributed by atoms with Crippen molar-refractivity contribution in [3.05, 3.63) is 32.4 Å². The zero-order valence-electron chi connectivity index (χ0n) is 14.3. The van der Waals surface area contributed by atoms with Crippen molar-refractivity contribution in [1.82, 2.24) is 5.32 Å². The Labute approximate surface area is 151 Å². The van der Waals surface area contributed by atoms with Crippen LogP contribution in [-0.2, 0) is 32.0 Å². The van der Waals surface area contributed by atoms with Gasteiger partial charge in [-0.3, -0.25) is 9.59 Å². The third kappa shape index (κ3) is 7.30. The first-order valence-corrected chi connectivity index (χ1v) is 8.47. The van der Waals surface area contributed by atoms with Gasteiger partial charge >= 0.3 is 11.9 Å². The predicted octanol–water partition coefficient (Wildman–Crippen LogP) is 2.75. The number of methoxy groups -OCH3 is 1. The summed E-state index contributed by atoms with van der Waals surface area (Å²) >= 11 is 2.22. The number of halogens is 1. The van der Waals surface area contributed by atoms with Crippen molar-refractivity contribution in [1.29, 1.82) is 0 Å². The van der Waals surface area contributed by atoms with Gasteiger partial charge in [-0.25, -0.2) is 0 Å². The second kappa shape index (κ2) is 8.63. The van der Waals surface area contributed by atoms with Gasteiger partial charge < -0.3 is 14.8 Å². The summed E-state index contributed by atoms with van der Waals surface area (Å²) in [6.07, 6.45) is 0.248. The molecule has 0 saturated heterocycles. The van der Waals surface area contributed by atoms with Crippen LogP contribution in [0.4, 0.5) is 0 Å². The summed E-state index contributed by atoms with van der Waals surface area (Å²) in [5.74, 6) is -0.543. The van der Waals surface area contributed by atoms with Crippen molar-refractivity contribution < 1.29 is 19.1 Å². The average molecular weight is 433 g/mol. The van der Waals surface area contributed by atoms with E-state index in [-0.39, 0.29) is 24.9 Å². The Kier molecular flexibility index (Phi) is 7.47. The van der Waals surface area contributed by atoms with E-state index < -0.39 is 5.60 Å². The topological polar surface area (TPSA) is 64.6 Å². The van der Waals surface area contributed by atoms with E-state index in [0.29, 0.717) is 6.54 Å². The van der Waals surface area contributed by atoms with Crippen molar-refractivity contribution >= 4 is 34.5 Å². The fourth-order valence-electron chi connectivity index (χ4n) is 2.07. The molecule has 0 heterocycles. The number of carbonyl (C=O) groups excluding carboxylic acids is 2. The van der Waals surface area contributed by atoms with E-state index in [1.165, 1.54) is 7.11 Å². The van der Waals surface area contributed by atoms with Crippen LogP contribution in [0.3, 0.4) is 0 Å². The van der Waals surface area contributed by atoms with Gasteiger partial charge in [0.05, 0.1) is 20.1 Å². The molecule has 0 amide bonds. The molecule has 0 radical (unpaired) electrons. The fourth-order valence-corrected chi connectivity index (χ4v) is 2.82. The molecule has 6 heteroatoms. The molecule has 1 rings (SSSR count). The van der Waals surface area contributed by atoms with Crippen molar-refractivity contribution in [2.24, 2.45) is 0 Å². The Balaban J connectivity index is 2.70. The number of nitrogens with one attached hydrogen (secondary N) is 1. The van der Waals surface area contributed by atoms with Crippen molar-refractivity contribution in [2.45, 2.75) is 46.3 Å². The van der Waals surface area contributed by atoms with Gasteiger partial charge in [-0.1, -0.05) is 0 Å². The van der Waals surface area contributed by atoms with Crippen LogP contribution in [0.25, 0.3) is 0 Å². The molecule has 0 aliphatic carbocycles. The van der Waals surface area contributed by atoms with Crippen molar-refractivity contribution in [2.75, 3.05) is 13.7 Å². The van der Waals surface area contributed by atoms with Crippen molar-refractivity contribution in [3.63, 3.8) is 0 Å². The number of ether oxygens (including phenoxy) is 2.